The summed E-state index contributed by atoms with van der Waals surface area (Å²) < 4.78 is 2.58. The van der Waals surface area contributed by atoms with Crippen LogP contribution in [-0.2, 0) is 16.2 Å². The number of benzene rings is 8. The molecule has 0 fully saturated rings. The second kappa shape index (κ2) is 18.5. The van der Waals surface area contributed by atoms with Crippen molar-refractivity contribution < 1.29 is 0 Å². The van der Waals surface area contributed by atoms with E-state index < -0.39 is 0 Å². The van der Waals surface area contributed by atoms with Gasteiger partial charge in [-0.25, -0.2) is 0 Å². The summed E-state index contributed by atoms with van der Waals surface area (Å²) in [5.41, 5.74) is 32.9. The predicted molar refractivity (Wildman–Crippen MR) is 342 cm³/mol. The van der Waals surface area contributed by atoms with Gasteiger partial charge in [0, 0.05) is 33.5 Å². The molecule has 0 spiro atoms. The van der Waals surface area contributed by atoms with E-state index in [9.17, 15) is 0 Å². The van der Waals surface area contributed by atoms with Crippen LogP contribution in [0.4, 0.5) is 34.1 Å². The molecule has 0 atom stereocenters. The number of aromatic nitrogens is 1. The molecule has 2 aliphatic heterocycles. The molecule has 8 aromatic carbocycles. The Bertz CT molecular complexity index is 3990. The van der Waals surface area contributed by atoms with Crippen molar-refractivity contribution in [3.8, 4) is 5.69 Å². The highest BCUT2D eigenvalue weighted by Gasteiger charge is 2.46. The molecule has 78 heavy (non-hydrogen) atoms. The lowest BCUT2D eigenvalue weighted by molar-refractivity contribution is 0.590. The fraction of sp³-hybridized carbons (Fsp3) is 0.270. The van der Waals surface area contributed by atoms with E-state index in [1.54, 1.807) is 0 Å². The molecule has 0 bridgehead atoms. The van der Waals surface area contributed by atoms with Crippen LogP contribution in [0.25, 0.3) is 38.6 Å². The summed E-state index contributed by atoms with van der Waals surface area (Å²) in [7, 11) is 0. The summed E-state index contributed by atoms with van der Waals surface area (Å²) in [6.07, 6.45) is 2.02. The number of hydrogen-bond donors (Lipinski definition) is 0. The third-order valence-corrected chi connectivity index (χ3v) is 17.4. The Morgan fingerprint density at radius 2 is 0.923 bits per heavy atom. The Morgan fingerprint density at radius 1 is 0.449 bits per heavy atom. The number of rotatable bonds is 7. The number of hydrogen-bond acceptors (Lipinski definition) is 2. The molecular weight excluding hydrogens is 942 g/mol. The number of aryl methyl sites for hydroxylation is 7. The minimum atomic E-state index is -0.176. The van der Waals surface area contributed by atoms with E-state index in [4.69, 9.17) is 0 Å². The van der Waals surface area contributed by atoms with Gasteiger partial charge in [-0.1, -0.05) is 166 Å². The van der Waals surface area contributed by atoms with Gasteiger partial charge in [-0.15, -0.1) is 0 Å². The zero-order chi connectivity index (χ0) is 55.8. The normalized spacial score (nSPS) is 13.7. The summed E-state index contributed by atoms with van der Waals surface area (Å²) in [5.74, 6) is 0. The molecule has 392 valence electrons. The molecule has 0 unspecified atom stereocenters. The molecule has 9 aromatic rings. The van der Waals surface area contributed by atoms with Gasteiger partial charge < -0.3 is 14.4 Å². The summed E-state index contributed by atoms with van der Waals surface area (Å²) >= 11 is 0. The van der Waals surface area contributed by atoms with Crippen LogP contribution in [-0.4, -0.2) is 11.3 Å². The van der Waals surface area contributed by atoms with Gasteiger partial charge in [0.15, 0.2) is 0 Å². The lowest BCUT2D eigenvalue weighted by Gasteiger charge is -2.46. The van der Waals surface area contributed by atoms with E-state index in [1.807, 2.05) is 6.08 Å². The highest BCUT2D eigenvalue weighted by atomic mass is 15.2. The van der Waals surface area contributed by atoms with Crippen molar-refractivity contribution in [3.05, 3.63) is 225 Å². The Labute approximate surface area is 466 Å². The summed E-state index contributed by atoms with van der Waals surface area (Å²) in [5, 5.41) is 2.55. The third kappa shape index (κ3) is 8.32. The smallest absolute Gasteiger partial charge is 0.252 e. The minimum Gasteiger partial charge on any atom is -0.311 e. The molecule has 0 saturated heterocycles. The maximum Gasteiger partial charge on any atom is 0.252 e. The van der Waals surface area contributed by atoms with Crippen molar-refractivity contribution in [3.63, 3.8) is 0 Å². The van der Waals surface area contributed by atoms with Crippen molar-refractivity contribution in [2.24, 2.45) is 0 Å². The molecule has 0 radical (unpaired) electrons. The maximum absolute atomic E-state index is 4.67. The summed E-state index contributed by atoms with van der Waals surface area (Å²) in [6, 6.07) is 51.8. The lowest BCUT2D eigenvalue weighted by Crippen LogP contribution is -2.61. The summed E-state index contributed by atoms with van der Waals surface area (Å²) in [4.78, 5) is 5.33. The van der Waals surface area contributed by atoms with Gasteiger partial charge in [0.2, 0.25) is 0 Å². The van der Waals surface area contributed by atoms with Crippen molar-refractivity contribution >= 4 is 90.2 Å². The molecular formula is C74H78BN3. The minimum absolute atomic E-state index is 0.0385. The van der Waals surface area contributed by atoms with Gasteiger partial charge >= 0.3 is 0 Å². The van der Waals surface area contributed by atoms with Crippen molar-refractivity contribution in [2.45, 2.75) is 134 Å². The first-order valence-corrected chi connectivity index (χ1v) is 28.2. The van der Waals surface area contributed by atoms with Crippen LogP contribution in [0.3, 0.4) is 0 Å². The number of para-hydroxylation sites is 2. The van der Waals surface area contributed by atoms with Crippen molar-refractivity contribution in [1.82, 2.24) is 4.57 Å². The molecule has 0 N–H and O–H groups in total. The molecule has 0 aliphatic carbocycles. The average molecular weight is 1020 g/mol. The Balaban J connectivity index is 1.31. The third-order valence-electron chi connectivity index (χ3n) is 17.4. The van der Waals surface area contributed by atoms with Crippen LogP contribution < -0.4 is 26.2 Å². The molecule has 0 saturated carbocycles. The average Bonchev–Trinajstić information content (AvgIpc) is 2.74. The fourth-order valence-corrected chi connectivity index (χ4v) is 13.1. The fourth-order valence-electron chi connectivity index (χ4n) is 13.1. The van der Waals surface area contributed by atoms with Crippen LogP contribution in [0, 0.1) is 48.5 Å². The highest BCUT2D eigenvalue weighted by Crippen LogP contribution is 2.51. The van der Waals surface area contributed by atoms with Crippen LogP contribution in [0.5, 0.6) is 0 Å². The van der Waals surface area contributed by atoms with Crippen molar-refractivity contribution in [2.75, 3.05) is 9.80 Å². The van der Waals surface area contributed by atoms with Crippen LogP contribution in [0.1, 0.15) is 136 Å². The Hall–Kier alpha value is -7.56. The van der Waals surface area contributed by atoms with Gasteiger partial charge in [0.1, 0.15) is 0 Å². The Kier molecular flexibility index (Phi) is 12.5. The predicted octanol–water partition coefficient (Wildman–Crippen LogP) is 18.6. The van der Waals surface area contributed by atoms with E-state index in [0.717, 1.165) is 27.8 Å². The van der Waals surface area contributed by atoms with Crippen molar-refractivity contribution in [1.29, 1.82) is 0 Å². The SMILES string of the molecule is C=C/C(=C(/C)C(=C)c1ccccc1C)c1cc(C)c(N2c3cc4c(cc3B3c5ccc(C(C)(C)C)cc5N(c5c(C)cccc5C)c5cc(C(C)(C)C)cc2c53)c2cc(C(C)(C)C)ccc2n4-c2c(C)cccc2C)c(C)c1. The first-order chi connectivity index (χ1) is 36.8. The van der Waals surface area contributed by atoms with E-state index in [1.165, 1.54) is 134 Å². The van der Waals surface area contributed by atoms with Crippen LogP contribution >= 0.6 is 0 Å². The zero-order valence-corrected chi connectivity index (χ0v) is 49.6. The second-order valence-corrected chi connectivity index (χ2v) is 26.0. The number of anilines is 6. The summed E-state index contributed by atoms with van der Waals surface area (Å²) in [6.45, 7) is 48.3. The van der Waals surface area contributed by atoms with Gasteiger partial charge in [-0.3, -0.25) is 0 Å². The standard InChI is InChI=1S/C74H78BN3/c1-20-56(50(9)51(10)57-30-22-21-25-43(57)2)52-35-48(7)71(49(8)36-52)78-65-42-63-59(58-37-53(72(11,12)13)32-34-62(58)76(63)69-44(3)26-23-27-45(69)4)41-61(65)75-60-33-31-54(73(14,15)16)38-64(60)77(70-46(5)28-24-29-47(70)6)66-39-55(74(17,18)19)40-67(78)68(66)75/h20-42H,1,10H2,2-9,11-19H3/b56-50+. The number of allylic oxidation sites excluding steroid dienone is 4. The van der Waals surface area contributed by atoms with E-state index in [2.05, 4.69) is 279 Å². The van der Waals surface area contributed by atoms with Gasteiger partial charge in [-0.05, 0) is 220 Å². The largest absolute Gasteiger partial charge is 0.311 e. The number of fused-ring (bicyclic) bond motifs is 7. The molecule has 11 rings (SSSR count). The monoisotopic (exact) mass is 1020 g/mol. The topological polar surface area (TPSA) is 11.4 Å². The molecule has 1 aromatic heterocycles. The Morgan fingerprint density at radius 3 is 1.47 bits per heavy atom. The molecule has 2 aliphatic rings. The van der Waals surface area contributed by atoms with Crippen LogP contribution in [0.15, 0.2) is 158 Å². The second-order valence-electron chi connectivity index (χ2n) is 26.0. The first-order valence-electron chi connectivity index (χ1n) is 28.2. The zero-order valence-electron chi connectivity index (χ0n) is 49.6. The van der Waals surface area contributed by atoms with E-state index >= 15 is 0 Å². The molecule has 3 nitrogen and oxygen atoms in total. The lowest BCUT2D eigenvalue weighted by atomic mass is 9.33. The van der Waals surface area contributed by atoms with Crippen LogP contribution in [0.2, 0.25) is 0 Å². The van der Waals surface area contributed by atoms with Gasteiger partial charge in [-0.2, -0.15) is 0 Å². The first kappa shape index (κ1) is 52.5. The van der Waals surface area contributed by atoms with E-state index in [0.29, 0.717) is 0 Å². The quantitative estimate of drug-likeness (QED) is 0.116. The van der Waals surface area contributed by atoms with Gasteiger partial charge in [0.25, 0.3) is 6.71 Å². The molecule has 0 amide bonds. The molecule has 4 heteroatoms. The highest BCUT2D eigenvalue weighted by molar-refractivity contribution is 7.00. The number of nitrogens with zero attached hydrogens (tertiary/aromatic N) is 3. The maximum atomic E-state index is 4.67. The van der Waals surface area contributed by atoms with Gasteiger partial charge in [0.05, 0.1) is 28.1 Å². The molecule has 3 heterocycles. The van der Waals surface area contributed by atoms with E-state index in [-0.39, 0.29) is 23.0 Å².